The molecule has 0 spiro atoms. The molecular weight excluding hydrogens is 160 g/mol. The largest absolute Gasteiger partial charge is 0.459 e. The zero-order chi connectivity index (χ0) is 8.72. The van der Waals surface area contributed by atoms with Gasteiger partial charge >= 0.3 is 5.97 Å². The molecule has 2 fully saturated rings. The summed E-state index contributed by atoms with van der Waals surface area (Å²) in [6.45, 7) is 0. The number of methoxy groups -OCH3 is 1. The lowest BCUT2D eigenvalue weighted by Gasteiger charge is -2.16. The Kier molecular flexibility index (Phi) is 1.81. The van der Waals surface area contributed by atoms with Crippen LogP contribution in [0.1, 0.15) is 12.8 Å². The smallest absolute Gasteiger partial charge is 0.306 e. The predicted molar refractivity (Wildman–Crippen MR) is 39.4 cm³/mol. The third-order valence-corrected chi connectivity index (χ3v) is 2.72. The molecule has 0 aromatic carbocycles. The fourth-order valence-corrected chi connectivity index (χ4v) is 2.08. The quantitative estimate of drug-likeness (QED) is 0.551. The molecule has 1 aliphatic carbocycles. The number of esters is 1. The number of carbonyl (C=O) groups is 1. The summed E-state index contributed by atoms with van der Waals surface area (Å²) in [7, 11) is 1.57. The van der Waals surface area contributed by atoms with Crippen LogP contribution >= 0.6 is 0 Å². The van der Waals surface area contributed by atoms with E-state index in [0.717, 1.165) is 6.42 Å². The number of aliphatic hydroxyl groups is 1. The average molecular weight is 172 g/mol. The molecule has 1 N–H and O–H groups in total. The van der Waals surface area contributed by atoms with Crippen molar-refractivity contribution in [3.8, 4) is 0 Å². The van der Waals surface area contributed by atoms with E-state index < -0.39 is 6.10 Å². The molecule has 1 saturated heterocycles. The molecule has 0 aromatic rings. The SMILES string of the molecule is COC1CC2CC(=O)OC2C1O. The van der Waals surface area contributed by atoms with Gasteiger partial charge in [0.25, 0.3) is 0 Å². The van der Waals surface area contributed by atoms with Crippen LogP contribution in [0.4, 0.5) is 0 Å². The van der Waals surface area contributed by atoms with Crippen LogP contribution in [0, 0.1) is 5.92 Å². The molecule has 0 radical (unpaired) electrons. The predicted octanol–water partition coefficient (Wildman–Crippen LogP) is -0.302. The highest BCUT2D eigenvalue weighted by Crippen LogP contribution is 2.37. The van der Waals surface area contributed by atoms with Gasteiger partial charge in [-0.2, -0.15) is 0 Å². The zero-order valence-electron chi connectivity index (χ0n) is 6.90. The van der Waals surface area contributed by atoms with Crippen molar-refractivity contribution in [2.24, 2.45) is 5.92 Å². The zero-order valence-corrected chi connectivity index (χ0v) is 6.90. The normalized spacial score (nSPS) is 46.0. The van der Waals surface area contributed by atoms with Gasteiger partial charge in [0.2, 0.25) is 0 Å². The second-order valence-corrected chi connectivity index (χ2v) is 3.42. The molecule has 0 bridgehead atoms. The topological polar surface area (TPSA) is 55.8 Å². The van der Waals surface area contributed by atoms with Gasteiger partial charge in [0.05, 0.1) is 12.5 Å². The van der Waals surface area contributed by atoms with E-state index in [9.17, 15) is 9.90 Å². The van der Waals surface area contributed by atoms with Crippen molar-refractivity contribution < 1.29 is 19.4 Å². The summed E-state index contributed by atoms with van der Waals surface area (Å²) in [6, 6.07) is 0. The summed E-state index contributed by atoms with van der Waals surface area (Å²) >= 11 is 0. The molecule has 1 heterocycles. The summed E-state index contributed by atoms with van der Waals surface area (Å²) in [6.07, 6.45) is 0.0531. The minimum Gasteiger partial charge on any atom is -0.459 e. The molecule has 0 amide bonds. The maximum atomic E-state index is 10.8. The van der Waals surface area contributed by atoms with Crippen molar-refractivity contribution >= 4 is 5.97 Å². The monoisotopic (exact) mass is 172 g/mol. The highest BCUT2D eigenvalue weighted by Gasteiger charge is 2.49. The number of rotatable bonds is 1. The Bertz CT molecular complexity index is 203. The fourth-order valence-electron chi connectivity index (χ4n) is 2.08. The van der Waals surface area contributed by atoms with Gasteiger partial charge in [0.15, 0.2) is 0 Å². The summed E-state index contributed by atoms with van der Waals surface area (Å²) in [5.74, 6) is -0.0314. The van der Waals surface area contributed by atoms with Crippen molar-refractivity contribution in [2.45, 2.75) is 31.2 Å². The van der Waals surface area contributed by atoms with E-state index in [1.807, 2.05) is 0 Å². The third kappa shape index (κ3) is 1.03. The van der Waals surface area contributed by atoms with E-state index in [-0.39, 0.29) is 24.1 Å². The second kappa shape index (κ2) is 2.71. The Morgan fingerprint density at radius 1 is 1.67 bits per heavy atom. The first-order chi connectivity index (χ1) is 5.72. The molecule has 1 saturated carbocycles. The first-order valence-corrected chi connectivity index (χ1v) is 4.12. The molecule has 0 aromatic heterocycles. The van der Waals surface area contributed by atoms with E-state index in [1.54, 1.807) is 7.11 Å². The third-order valence-electron chi connectivity index (χ3n) is 2.72. The van der Waals surface area contributed by atoms with Crippen molar-refractivity contribution in [3.63, 3.8) is 0 Å². The molecule has 2 rings (SSSR count). The van der Waals surface area contributed by atoms with Crippen molar-refractivity contribution in [1.82, 2.24) is 0 Å². The first-order valence-electron chi connectivity index (χ1n) is 4.12. The number of fused-ring (bicyclic) bond motifs is 1. The maximum Gasteiger partial charge on any atom is 0.306 e. The van der Waals surface area contributed by atoms with Crippen LogP contribution in [0.25, 0.3) is 0 Å². The van der Waals surface area contributed by atoms with Gasteiger partial charge in [-0.15, -0.1) is 0 Å². The van der Waals surface area contributed by atoms with Gasteiger partial charge in [-0.1, -0.05) is 0 Å². The highest BCUT2D eigenvalue weighted by molar-refractivity contribution is 5.72. The molecule has 2 aliphatic rings. The molecule has 12 heavy (non-hydrogen) atoms. The van der Waals surface area contributed by atoms with Gasteiger partial charge < -0.3 is 14.6 Å². The van der Waals surface area contributed by atoms with Crippen molar-refractivity contribution in [1.29, 1.82) is 0 Å². The lowest BCUT2D eigenvalue weighted by Crippen LogP contribution is -2.31. The highest BCUT2D eigenvalue weighted by atomic mass is 16.6. The molecule has 4 nitrogen and oxygen atoms in total. The van der Waals surface area contributed by atoms with Crippen LogP contribution in [0.3, 0.4) is 0 Å². The molecule has 4 heteroatoms. The van der Waals surface area contributed by atoms with Gasteiger partial charge in [-0.3, -0.25) is 4.79 Å². The molecule has 4 unspecified atom stereocenters. The number of hydrogen-bond acceptors (Lipinski definition) is 4. The Morgan fingerprint density at radius 2 is 2.42 bits per heavy atom. The molecular formula is C8H12O4. The number of ether oxygens (including phenoxy) is 2. The van der Waals surface area contributed by atoms with Gasteiger partial charge in [-0.05, 0) is 6.42 Å². The summed E-state index contributed by atoms with van der Waals surface area (Å²) in [4.78, 5) is 10.8. The Hall–Kier alpha value is -0.610. The van der Waals surface area contributed by atoms with E-state index >= 15 is 0 Å². The van der Waals surface area contributed by atoms with Crippen LogP contribution in [-0.2, 0) is 14.3 Å². The van der Waals surface area contributed by atoms with E-state index in [4.69, 9.17) is 9.47 Å². The second-order valence-electron chi connectivity index (χ2n) is 3.42. The lowest BCUT2D eigenvalue weighted by molar-refractivity contribution is -0.147. The van der Waals surface area contributed by atoms with Crippen LogP contribution in [-0.4, -0.2) is 36.5 Å². The minimum absolute atomic E-state index is 0.159. The van der Waals surface area contributed by atoms with Gasteiger partial charge in [-0.25, -0.2) is 0 Å². The first kappa shape index (κ1) is 8.01. The van der Waals surface area contributed by atoms with E-state index in [2.05, 4.69) is 0 Å². The van der Waals surface area contributed by atoms with Crippen LogP contribution in [0.5, 0.6) is 0 Å². The maximum absolute atomic E-state index is 10.8. The number of aliphatic hydroxyl groups excluding tert-OH is 1. The standard InChI is InChI=1S/C8H12O4/c1-11-5-2-4-3-6(9)12-8(4)7(5)10/h4-5,7-8,10H,2-3H2,1H3. The van der Waals surface area contributed by atoms with Gasteiger partial charge in [0, 0.05) is 13.0 Å². The van der Waals surface area contributed by atoms with E-state index in [1.165, 1.54) is 0 Å². The summed E-state index contributed by atoms with van der Waals surface area (Å²) in [5.41, 5.74) is 0. The van der Waals surface area contributed by atoms with Crippen LogP contribution in [0.2, 0.25) is 0 Å². The molecule has 1 aliphatic heterocycles. The Balaban J connectivity index is 2.08. The fraction of sp³-hybridized carbons (Fsp3) is 0.875. The Morgan fingerprint density at radius 3 is 3.00 bits per heavy atom. The summed E-state index contributed by atoms with van der Waals surface area (Å²) < 4.78 is 10.0. The van der Waals surface area contributed by atoms with Crippen LogP contribution < -0.4 is 0 Å². The Labute approximate surface area is 70.5 Å². The number of hydrogen-bond donors (Lipinski definition) is 1. The lowest BCUT2D eigenvalue weighted by atomic mass is 10.1. The minimum atomic E-state index is -0.633. The van der Waals surface area contributed by atoms with Crippen molar-refractivity contribution in [3.05, 3.63) is 0 Å². The average Bonchev–Trinajstić information content (AvgIpc) is 2.51. The van der Waals surface area contributed by atoms with Crippen LogP contribution in [0.15, 0.2) is 0 Å². The molecule has 4 atom stereocenters. The summed E-state index contributed by atoms with van der Waals surface area (Å²) in [5, 5.41) is 9.57. The van der Waals surface area contributed by atoms with E-state index in [0.29, 0.717) is 6.42 Å². The number of carbonyl (C=O) groups excluding carboxylic acids is 1. The molecule has 68 valence electrons. The van der Waals surface area contributed by atoms with Gasteiger partial charge in [0.1, 0.15) is 12.2 Å². The van der Waals surface area contributed by atoms with Crippen molar-refractivity contribution in [2.75, 3.05) is 7.11 Å².